The molecule has 174 valence electrons. The van der Waals surface area contributed by atoms with Gasteiger partial charge in [-0.15, -0.1) is 0 Å². The number of imidazole rings is 1. The molecule has 2 rings (SSSR count). The smallest absolute Gasteiger partial charge is 0.0951 e. The highest BCUT2D eigenvalue weighted by Gasteiger charge is 2.14. The molecule has 0 radical (unpaired) electrons. The summed E-state index contributed by atoms with van der Waals surface area (Å²) in [6, 6.07) is 9.24. The van der Waals surface area contributed by atoms with Crippen LogP contribution in [0.1, 0.15) is 133 Å². The van der Waals surface area contributed by atoms with Crippen LogP contribution < -0.4 is 0 Å². The van der Waals surface area contributed by atoms with Crippen molar-refractivity contribution in [3.8, 4) is 0 Å². The van der Waals surface area contributed by atoms with Crippen molar-refractivity contribution in [2.75, 3.05) is 0 Å². The Kier molecular flexibility index (Phi) is 14.1. The van der Waals surface area contributed by atoms with Crippen molar-refractivity contribution in [1.82, 2.24) is 9.55 Å². The number of aryl methyl sites for hydroxylation is 1. The van der Waals surface area contributed by atoms with Gasteiger partial charge in [-0.3, -0.25) is 0 Å². The van der Waals surface area contributed by atoms with Gasteiger partial charge < -0.3 is 4.57 Å². The van der Waals surface area contributed by atoms with Gasteiger partial charge in [-0.1, -0.05) is 134 Å². The van der Waals surface area contributed by atoms with E-state index in [1.54, 1.807) is 0 Å². The molecule has 0 N–H and O–H groups in total. The molecule has 1 heterocycles. The van der Waals surface area contributed by atoms with Gasteiger partial charge in [0.05, 0.1) is 12.4 Å². The minimum absolute atomic E-state index is 0.426. The molecule has 0 amide bonds. The van der Waals surface area contributed by atoms with E-state index in [1.165, 1.54) is 120 Å². The van der Waals surface area contributed by atoms with Crippen molar-refractivity contribution >= 4 is 0 Å². The Labute approximate surface area is 192 Å². The molecule has 0 aliphatic rings. The van der Waals surface area contributed by atoms with Crippen LogP contribution in [0.2, 0.25) is 0 Å². The molecule has 2 heteroatoms. The third-order valence-corrected chi connectivity index (χ3v) is 6.76. The van der Waals surface area contributed by atoms with E-state index >= 15 is 0 Å². The number of rotatable bonds is 19. The normalized spacial score (nSPS) is 12.3. The zero-order valence-electron chi connectivity index (χ0n) is 20.5. The van der Waals surface area contributed by atoms with Crippen LogP contribution in [0.5, 0.6) is 0 Å². The summed E-state index contributed by atoms with van der Waals surface area (Å²) in [5, 5.41) is 0. The van der Waals surface area contributed by atoms with Crippen LogP contribution in [0.3, 0.4) is 0 Å². The molecule has 1 aromatic heterocycles. The van der Waals surface area contributed by atoms with E-state index in [1.807, 2.05) is 12.5 Å². The maximum atomic E-state index is 4.29. The van der Waals surface area contributed by atoms with E-state index in [0.717, 1.165) is 0 Å². The van der Waals surface area contributed by atoms with Gasteiger partial charge in [-0.25, -0.2) is 4.98 Å². The first-order valence-corrected chi connectivity index (χ1v) is 13.4. The summed E-state index contributed by atoms with van der Waals surface area (Å²) in [5.74, 6) is 0. The zero-order chi connectivity index (χ0) is 22.0. The van der Waals surface area contributed by atoms with Gasteiger partial charge in [0.25, 0.3) is 0 Å². The summed E-state index contributed by atoms with van der Waals surface area (Å²) in [4.78, 5) is 4.29. The quantitative estimate of drug-likeness (QED) is 0.205. The van der Waals surface area contributed by atoms with Crippen LogP contribution in [0.15, 0.2) is 43.0 Å². The molecule has 0 fully saturated rings. The highest BCUT2D eigenvalue weighted by Crippen LogP contribution is 2.27. The molecule has 2 nitrogen and oxygen atoms in total. The summed E-state index contributed by atoms with van der Waals surface area (Å²) in [7, 11) is 0. The molecule has 0 aliphatic carbocycles. The van der Waals surface area contributed by atoms with Gasteiger partial charge in [-0.2, -0.15) is 0 Å². The largest absolute Gasteiger partial charge is 0.330 e. The molecule has 0 aliphatic heterocycles. The fraction of sp³-hybridized carbons (Fsp3) is 0.690. The topological polar surface area (TPSA) is 17.8 Å². The number of aromatic nitrogens is 2. The van der Waals surface area contributed by atoms with Crippen LogP contribution in [0, 0.1) is 6.92 Å². The predicted molar refractivity (Wildman–Crippen MR) is 136 cm³/mol. The third-order valence-electron chi connectivity index (χ3n) is 6.76. The number of nitrogens with zero attached hydrogens (tertiary/aromatic N) is 2. The molecule has 1 aromatic carbocycles. The first-order valence-electron chi connectivity index (χ1n) is 13.4. The maximum Gasteiger partial charge on any atom is 0.0951 e. The summed E-state index contributed by atoms with van der Waals surface area (Å²) < 4.78 is 2.29. The Balaban J connectivity index is 1.47. The molecular formula is C29H48N2. The second kappa shape index (κ2) is 17.0. The summed E-state index contributed by atoms with van der Waals surface area (Å²) >= 11 is 0. The van der Waals surface area contributed by atoms with Crippen molar-refractivity contribution < 1.29 is 0 Å². The Morgan fingerprint density at radius 3 is 1.71 bits per heavy atom. The molecule has 0 saturated carbocycles. The fourth-order valence-corrected chi connectivity index (χ4v) is 4.77. The van der Waals surface area contributed by atoms with Gasteiger partial charge in [-0.05, 0) is 24.5 Å². The lowest BCUT2D eigenvalue weighted by Crippen LogP contribution is -2.10. The van der Waals surface area contributed by atoms with E-state index in [0.29, 0.717) is 6.04 Å². The predicted octanol–water partition coefficient (Wildman–Crippen LogP) is 9.43. The van der Waals surface area contributed by atoms with Crippen LogP contribution in [-0.4, -0.2) is 9.55 Å². The maximum absolute atomic E-state index is 4.29. The van der Waals surface area contributed by atoms with E-state index in [9.17, 15) is 0 Å². The van der Waals surface area contributed by atoms with Crippen LogP contribution in [-0.2, 0) is 0 Å². The first-order chi connectivity index (χ1) is 15.3. The average molecular weight is 425 g/mol. The van der Waals surface area contributed by atoms with E-state index < -0.39 is 0 Å². The molecular weight excluding hydrogens is 376 g/mol. The second-order valence-electron chi connectivity index (χ2n) is 9.47. The molecule has 0 bridgehead atoms. The lowest BCUT2D eigenvalue weighted by molar-refractivity contribution is 0.485. The lowest BCUT2D eigenvalue weighted by Gasteiger charge is -2.21. The Morgan fingerprint density at radius 1 is 0.710 bits per heavy atom. The van der Waals surface area contributed by atoms with Gasteiger partial charge in [0.2, 0.25) is 0 Å². The Hall–Kier alpha value is -1.57. The molecule has 2 aromatic rings. The van der Waals surface area contributed by atoms with Crippen LogP contribution in [0.25, 0.3) is 0 Å². The SMILES string of the molecule is CCCCCCCCCCCCCCCCCCC(c1ccccc1C)n1ccnc1. The Morgan fingerprint density at radius 2 is 1.23 bits per heavy atom. The first kappa shape index (κ1) is 25.7. The van der Waals surface area contributed by atoms with Crippen molar-refractivity contribution in [2.45, 2.75) is 129 Å². The highest BCUT2D eigenvalue weighted by molar-refractivity contribution is 5.29. The molecule has 1 atom stereocenters. The molecule has 0 saturated heterocycles. The minimum Gasteiger partial charge on any atom is -0.330 e. The number of benzene rings is 1. The minimum atomic E-state index is 0.426. The van der Waals surface area contributed by atoms with Gasteiger partial charge in [0, 0.05) is 12.4 Å². The fourth-order valence-electron chi connectivity index (χ4n) is 4.77. The second-order valence-corrected chi connectivity index (χ2v) is 9.47. The number of hydrogen-bond donors (Lipinski definition) is 0. The van der Waals surface area contributed by atoms with Crippen molar-refractivity contribution in [3.05, 3.63) is 54.1 Å². The molecule has 0 spiro atoms. The number of unbranched alkanes of at least 4 members (excludes halogenated alkanes) is 15. The van der Waals surface area contributed by atoms with Crippen molar-refractivity contribution in [1.29, 1.82) is 0 Å². The van der Waals surface area contributed by atoms with Crippen molar-refractivity contribution in [2.24, 2.45) is 0 Å². The zero-order valence-corrected chi connectivity index (χ0v) is 20.5. The van der Waals surface area contributed by atoms with Crippen LogP contribution in [0.4, 0.5) is 0 Å². The van der Waals surface area contributed by atoms with Crippen LogP contribution >= 0.6 is 0 Å². The highest BCUT2D eigenvalue weighted by atomic mass is 15.0. The van der Waals surface area contributed by atoms with Gasteiger partial charge >= 0.3 is 0 Å². The van der Waals surface area contributed by atoms with Gasteiger partial charge in [0.1, 0.15) is 0 Å². The summed E-state index contributed by atoms with van der Waals surface area (Å²) in [6.07, 6.45) is 30.0. The average Bonchev–Trinajstić information content (AvgIpc) is 3.31. The molecule has 1 unspecified atom stereocenters. The van der Waals surface area contributed by atoms with Gasteiger partial charge in [0.15, 0.2) is 0 Å². The lowest BCUT2D eigenvalue weighted by atomic mass is 9.96. The van der Waals surface area contributed by atoms with E-state index in [-0.39, 0.29) is 0 Å². The Bertz CT molecular complexity index is 647. The van der Waals surface area contributed by atoms with Crippen molar-refractivity contribution in [3.63, 3.8) is 0 Å². The molecule has 31 heavy (non-hydrogen) atoms. The monoisotopic (exact) mass is 424 g/mol. The third kappa shape index (κ3) is 11.0. The number of hydrogen-bond acceptors (Lipinski definition) is 1. The standard InChI is InChI=1S/C29H48N2/c1-3-4-5-6-7-8-9-10-11-12-13-14-15-16-17-18-23-29(31-25-24-30-26-31)28-22-20-19-21-27(28)2/h19-22,24-26,29H,3-18,23H2,1-2H3. The van der Waals surface area contributed by atoms with E-state index in [4.69, 9.17) is 0 Å². The van der Waals surface area contributed by atoms with E-state index in [2.05, 4.69) is 53.9 Å². The summed E-state index contributed by atoms with van der Waals surface area (Å²) in [6.45, 7) is 4.53. The summed E-state index contributed by atoms with van der Waals surface area (Å²) in [5.41, 5.74) is 2.83.